The Balaban J connectivity index is 1.76. The molecule has 7 nitrogen and oxygen atoms in total. The summed E-state index contributed by atoms with van der Waals surface area (Å²) in [4.78, 5) is 34.9. The molecule has 0 saturated heterocycles. The normalized spacial score (nSPS) is 10.5. The van der Waals surface area contributed by atoms with Gasteiger partial charge in [-0.05, 0) is 26.3 Å². The van der Waals surface area contributed by atoms with Gasteiger partial charge in [0.05, 0.1) is 6.61 Å². The highest BCUT2D eigenvalue weighted by atomic mass is 16.5. The van der Waals surface area contributed by atoms with Crippen molar-refractivity contribution in [1.82, 2.24) is 5.32 Å². The Morgan fingerprint density at radius 1 is 1.16 bits per heavy atom. The van der Waals surface area contributed by atoms with Crippen LogP contribution in [0.3, 0.4) is 0 Å². The molecule has 1 heterocycles. The van der Waals surface area contributed by atoms with E-state index in [0.29, 0.717) is 30.7 Å². The number of carbonyl (C=O) groups is 3. The molecule has 0 aliphatic carbocycles. The molecular formula is C18H21NO6. The van der Waals surface area contributed by atoms with E-state index >= 15 is 0 Å². The van der Waals surface area contributed by atoms with Crippen LogP contribution in [0.15, 0.2) is 28.7 Å². The molecule has 2 aromatic rings. The average Bonchev–Trinajstić information content (AvgIpc) is 2.94. The number of benzene rings is 1. The molecule has 1 N–H and O–H groups in total. The van der Waals surface area contributed by atoms with Crippen molar-refractivity contribution in [3.05, 3.63) is 35.6 Å². The zero-order chi connectivity index (χ0) is 18.2. The Morgan fingerprint density at radius 3 is 2.64 bits per heavy atom. The van der Waals surface area contributed by atoms with Crippen LogP contribution in [0.5, 0.6) is 0 Å². The molecular weight excluding hydrogens is 326 g/mol. The molecule has 0 fully saturated rings. The number of ether oxygens (including phenoxy) is 2. The van der Waals surface area contributed by atoms with Crippen molar-refractivity contribution in [3.63, 3.8) is 0 Å². The van der Waals surface area contributed by atoms with E-state index in [4.69, 9.17) is 13.9 Å². The second-order valence-electron chi connectivity index (χ2n) is 5.39. The molecule has 0 unspecified atom stereocenters. The van der Waals surface area contributed by atoms with Crippen molar-refractivity contribution in [1.29, 1.82) is 0 Å². The van der Waals surface area contributed by atoms with Gasteiger partial charge in [-0.3, -0.25) is 9.59 Å². The van der Waals surface area contributed by atoms with Gasteiger partial charge in [-0.25, -0.2) is 4.79 Å². The van der Waals surface area contributed by atoms with E-state index in [1.165, 1.54) is 0 Å². The molecule has 7 heteroatoms. The van der Waals surface area contributed by atoms with Gasteiger partial charge in [-0.2, -0.15) is 0 Å². The van der Waals surface area contributed by atoms with E-state index < -0.39 is 18.5 Å². The number of hydrogen-bond donors (Lipinski definition) is 1. The van der Waals surface area contributed by atoms with Crippen LogP contribution < -0.4 is 5.32 Å². The van der Waals surface area contributed by atoms with Gasteiger partial charge >= 0.3 is 11.9 Å². The Hall–Kier alpha value is -2.83. The fraction of sp³-hybridized carbons (Fsp3) is 0.389. The lowest BCUT2D eigenvalue weighted by Gasteiger charge is -2.06. The number of carbonyl (C=O) groups excluding carboxylic acids is 3. The largest absolute Gasteiger partial charge is 0.466 e. The SMILES string of the molecule is CCOC(=O)CCCNC(=O)COC(=O)c1oc2ccccc2c1C. The molecule has 0 spiro atoms. The average molecular weight is 347 g/mol. The fourth-order valence-electron chi connectivity index (χ4n) is 2.31. The minimum Gasteiger partial charge on any atom is -0.466 e. The maximum absolute atomic E-state index is 12.1. The molecule has 1 aromatic heterocycles. The third-order valence-electron chi connectivity index (χ3n) is 3.55. The predicted octanol–water partition coefficient (Wildman–Crippen LogP) is 2.36. The monoisotopic (exact) mass is 347 g/mol. The summed E-state index contributed by atoms with van der Waals surface area (Å²) in [6.07, 6.45) is 0.688. The summed E-state index contributed by atoms with van der Waals surface area (Å²) >= 11 is 0. The van der Waals surface area contributed by atoms with Crippen LogP contribution in [0.1, 0.15) is 35.9 Å². The van der Waals surface area contributed by atoms with Crippen LogP contribution in [0.4, 0.5) is 0 Å². The summed E-state index contributed by atoms with van der Waals surface area (Å²) < 4.78 is 15.2. The first kappa shape index (κ1) is 18.5. The van der Waals surface area contributed by atoms with Crippen LogP contribution in [0.2, 0.25) is 0 Å². The summed E-state index contributed by atoms with van der Waals surface area (Å²) in [6, 6.07) is 7.27. The number of furan rings is 1. The molecule has 134 valence electrons. The quantitative estimate of drug-likeness (QED) is 0.582. The molecule has 25 heavy (non-hydrogen) atoms. The number of fused-ring (bicyclic) bond motifs is 1. The van der Waals surface area contributed by atoms with Crippen LogP contribution in [0.25, 0.3) is 11.0 Å². The fourth-order valence-corrected chi connectivity index (χ4v) is 2.31. The van der Waals surface area contributed by atoms with Crippen molar-refractivity contribution in [3.8, 4) is 0 Å². The second kappa shape index (κ2) is 8.86. The van der Waals surface area contributed by atoms with E-state index in [2.05, 4.69) is 5.32 Å². The summed E-state index contributed by atoms with van der Waals surface area (Å²) in [7, 11) is 0. The van der Waals surface area contributed by atoms with Crippen LogP contribution in [0, 0.1) is 6.92 Å². The van der Waals surface area contributed by atoms with Crippen molar-refractivity contribution in [2.24, 2.45) is 0 Å². The lowest BCUT2D eigenvalue weighted by Crippen LogP contribution is -2.30. The number of para-hydroxylation sites is 1. The topological polar surface area (TPSA) is 94.8 Å². The summed E-state index contributed by atoms with van der Waals surface area (Å²) in [6.45, 7) is 3.73. The first-order valence-corrected chi connectivity index (χ1v) is 8.10. The van der Waals surface area contributed by atoms with Gasteiger partial charge in [0.15, 0.2) is 6.61 Å². The third-order valence-corrected chi connectivity index (χ3v) is 3.55. The van der Waals surface area contributed by atoms with Gasteiger partial charge in [0.25, 0.3) is 5.91 Å². The second-order valence-corrected chi connectivity index (χ2v) is 5.39. The number of esters is 2. The standard InChI is InChI=1S/C18H21NO6/c1-3-23-16(21)9-6-10-19-15(20)11-24-18(22)17-12(2)13-7-4-5-8-14(13)25-17/h4-5,7-8H,3,6,9-11H2,1-2H3,(H,19,20). The maximum atomic E-state index is 12.1. The van der Waals surface area contributed by atoms with E-state index in [1.807, 2.05) is 18.2 Å². The van der Waals surface area contributed by atoms with E-state index in [1.54, 1.807) is 19.9 Å². The molecule has 0 radical (unpaired) electrons. The van der Waals surface area contributed by atoms with Crippen LogP contribution in [-0.2, 0) is 19.1 Å². The highest BCUT2D eigenvalue weighted by Crippen LogP contribution is 2.25. The highest BCUT2D eigenvalue weighted by molar-refractivity contribution is 5.96. The molecule has 0 aliphatic rings. The molecule has 2 rings (SSSR count). The molecule has 1 amide bonds. The molecule has 0 atom stereocenters. The Kier molecular flexibility index (Phi) is 6.56. The van der Waals surface area contributed by atoms with E-state index in [9.17, 15) is 14.4 Å². The van der Waals surface area contributed by atoms with E-state index in [-0.39, 0.29) is 18.2 Å². The Bertz CT molecular complexity index is 764. The third kappa shape index (κ3) is 5.07. The minimum atomic E-state index is -0.685. The van der Waals surface area contributed by atoms with Gasteiger partial charge < -0.3 is 19.2 Å². The summed E-state index contributed by atoms with van der Waals surface area (Å²) in [5.74, 6) is -1.33. The molecule has 0 saturated carbocycles. The lowest BCUT2D eigenvalue weighted by molar-refractivity contribution is -0.143. The van der Waals surface area contributed by atoms with Crippen molar-refractivity contribution in [2.45, 2.75) is 26.7 Å². The first-order chi connectivity index (χ1) is 12.0. The summed E-state index contributed by atoms with van der Waals surface area (Å²) in [5, 5.41) is 3.40. The first-order valence-electron chi connectivity index (χ1n) is 8.10. The Labute approximate surface area is 145 Å². The smallest absolute Gasteiger partial charge is 0.375 e. The molecule has 1 aromatic carbocycles. The predicted molar refractivity (Wildman–Crippen MR) is 90.1 cm³/mol. The summed E-state index contributed by atoms with van der Waals surface area (Å²) in [5.41, 5.74) is 1.27. The number of amides is 1. The zero-order valence-corrected chi connectivity index (χ0v) is 14.3. The van der Waals surface area contributed by atoms with Gasteiger partial charge in [0.1, 0.15) is 5.58 Å². The van der Waals surface area contributed by atoms with Crippen molar-refractivity contribution >= 4 is 28.8 Å². The number of nitrogens with one attached hydrogen (secondary N) is 1. The van der Waals surface area contributed by atoms with E-state index in [0.717, 1.165) is 5.39 Å². The maximum Gasteiger partial charge on any atom is 0.375 e. The number of aryl methyl sites for hydroxylation is 1. The molecule has 0 aliphatic heterocycles. The zero-order valence-electron chi connectivity index (χ0n) is 14.3. The van der Waals surface area contributed by atoms with Gasteiger partial charge in [0.2, 0.25) is 5.76 Å². The Morgan fingerprint density at radius 2 is 1.92 bits per heavy atom. The minimum absolute atomic E-state index is 0.0938. The highest BCUT2D eigenvalue weighted by Gasteiger charge is 2.19. The van der Waals surface area contributed by atoms with Gasteiger partial charge in [-0.15, -0.1) is 0 Å². The molecule has 0 bridgehead atoms. The van der Waals surface area contributed by atoms with Crippen molar-refractivity contribution in [2.75, 3.05) is 19.8 Å². The van der Waals surface area contributed by atoms with Gasteiger partial charge in [0, 0.05) is 23.9 Å². The van der Waals surface area contributed by atoms with Crippen LogP contribution in [-0.4, -0.2) is 37.6 Å². The van der Waals surface area contributed by atoms with Crippen molar-refractivity contribution < 1.29 is 28.3 Å². The number of rotatable bonds is 8. The lowest BCUT2D eigenvalue weighted by atomic mass is 10.1. The number of hydrogen-bond acceptors (Lipinski definition) is 6. The van der Waals surface area contributed by atoms with Gasteiger partial charge in [-0.1, -0.05) is 18.2 Å². The van der Waals surface area contributed by atoms with Crippen LogP contribution >= 0.6 is 0 Å².